The Balaban J connectivity index is 0.00000200. The van der Waals surface area contributed by atoms with Crippen molar-refractivity contribution in [2.24, 2.45) is 0 Å². The van der Waals surface area contributed by atoms with E-state index in [1.165, 1.54) is 12.1 Å². The van der Waals surface area contributed by atoms with Crippen LogP contribution in [0.5, 0.6) is 0 Å². The summed E-state index contributed by atoms with van der Waals surface area (Å²) in [7, 11) is -8.95. The zero-order valence-electron chi connectivity index (χ0n) is 9.31. The van der Waals surface area contributed by atoms with Crippen LogP contribution in [0.3, 0.4) is 0 Å². The number of hydrogen-bond donors (Lipinski definition) is 3. The second-order valence-electron chi connectivity index (χ2n) is 3.82. The maximum atomic E-state index is 11.2. The molecule has 0 fully saturated rings. The summed E-state index contributed by atoms with van der Waals surface area (Å²) in [4.78, 5) is -0.880. The van der Waals surface area contributed by atoms with Crippen molar-refractivity contribution in [2.45, 2.75) is 9.79 Å². The van der Waals surface area contributed by atoms with Gasteiger partial charge in [-0.1, -0.05) is 12.1 Å². The number of hydrogen-bond acceptors (Lipinski definition) is 5. The molecule has 2 rings (SSSR count). The Bertz CT molecular complexity index is 880. The molecular weight excluding hydrogens is 340 g/mol. The van der Waals surface area contributed by atoms with E-state index in [1.807, 2.05) is 0 Å². The molecule has 0 spiro atoms. The molecule has 0 unspecified atom stereocenters. The summed E-state index contributed by atoms with van der Waals surface area (Å²) in [5.41, 5.74) is 5.42. The van der Waals surface area contributed by atoms with E-state index in [1.54, 1.807) is 0 Å². The topological polar surface area (TPSA) is 135 Å². The van der Waals surface area contributed by atoms with Gasteiger partial charge in [-0.25, -0.2) is 0 Å². The third-order valence-electron chi connectivity index (χ3n) is 2.52. The molecule has 0 atom stereocenters. The normalized spacial score (nSPS) is 11.5. The fraction of sp³-hybridized carbons (Fsp3) is 0. The van der Waals surface area contributed by atoms with Crippen LogP contribution in [0.1, 0.15) is 0 Å². The van der Waals surface area contributed by atoms with Gasteiger partial charge in [0.25, 0.3) is 20.2 Å². The monoisotopic (exact) mass is 351 g/mol. The zero-order chi connectivity index (χ0) is 14.4. The van der Waals surface area contributed by atoms with Crippen molar-refractivity contribution in [3.8, 4) is 0 Å². The first-order chi connectivity index (χ1) is 8.60. The summed E-state index contributed by atoms with van der Waals surface area (Å²) in [6, 6.07) is 5.86. The number of anilines is 1. The first kappa shape index (κ1) is 21.3. The predicted molar refractivity (Wildman–Crippen MR) is 82.3 cm³/mol. The van der Waals surface area contributed by atoms with E-state index in [0.29, 0.717) is 0 Å². The number of nitrogens with two attached hydrogens (primary N) is 1. The summed E-state index contributed by atoms with van der Waals surface area (Å²) >= 11 is 0. The van der Waals surface area contributed by atoms with Gasteiger partial charge in [-0.05, 0) is 23.6 Å². The van der Waals surface area contributed by atoms with Gasteiger partial charge in [0.05, 0.1) is 4.90 Å². The van der Waals surface area contributed by atoms with E-state index in [-0.39, 0.29) is 75.6 Å². The average molecular weight is 351 g/mol. The summed E-state index contributed by atoms with van der Waals surface area (Å²) < 4.78 is 62.6. The summed E-state index contributed by atoms with van der Waals surface area (Å²) in [5.74, 6) is 0. The molecule has 21 heavy (non-hydrogen) atoms. The van der Waals surface area contributed by atoms with Crippen molar-refractivity contribution in [3.63, 3.8) is 0 Å². The van der Waals surface area contributed by atoms with Gasteiger partial charge in [0.15, 0.2) is 0 Å². The van der Waals surface area contributed by atoms with Gasteiger partial charge in [0.2, 0.25) is 0 Å². The van der Waals surface area contributed by atoms with Gasteiger partial charge in [0, 0.05) is 11.1 Å². The third-order valence-corrected chi connectivity index (χ3v) is 4.25. The molecule has 0 saturated heterocycles. The van der Waals surface area contributed by atoms with Crippen LogP contribution in [0.2, 0.25) is 0 Å². The molecule has 0 radical (unpaired) electrons. The molecule has 0 aromatic heterocycles. The molecule has 0 aliphatic heterocycles. The van der Waals surface area contributed by atoms with E-state index < -0.39 is 30.0 Å². The van der Waals surface area contributed by atoms with Crippen LogP contribution < -0.4 is 5.73 Å². The summed E-state index contributed by atoms with van der Waals surface area (Å²) in [6.07, 6.45) is 0. The van der Waals surface area contributed by atoms with Crippen LogP contribution >= 0.6 is 0 Å². The van der Waals surface area contributed by atoms with Crippen molar-refractivity contribution in [2.75, 3.05) is 5.73 Å². The average Bonchev–Trinajstić information content (AvgIpc) is 2.25. The van der Waals surface area contributed by atoms with Gasteiger partial charge in [-0.3, -0.25) is 9.11 Å². The van der Waals surface area contributed by atoms with Gasteiger partial charge >= 0.3 is 59.1 Å². The Morgan fingerprint density at radius 3 is 1.95 bits per heavy atom. The molecular formula is C10H11NNa2O6S2. The van der Waals surface area contributed by atoms with Gasteiger partial charge < -0.3 is 5.73 Å². The van der Waals surface area contributed by atoms with E-state index in [9.17, 15) is 16.8 Å². The number of nitrogen functional groups attached to an aromatic ring is 1. The second kappa shape index (κ2) is 7.26. The molecule has 2 aromatic rings. The summed E-state index contributed by atoms with van der Waals surface area (Å²) in [6.45, 7) is 0. The van der Waals surface area contributed by atoms with Crippen LogP contribution in [0.15, 0.2) is 40.1 Å². The Hall–Kier alpha value is 0.320. The molecule has 7 nitrogen and oxygen atoms in total. The van der Waals surface area contributed by atoms with Crippen molar-refractivity contribution < 1.29 is 25.9 Å². The molecule has 0 amide bonds. The fourth-order valence-corrected chi connectivity index (χ4v) is 3.06. The summed E-state index contributed by atoms with van der Waals surface area (Å²) in [5, 5.41) is 0.167. The quantitative estimate of drug-likeness (QED) is 0.381. The number of fused-ring (bicyclic) bond motifs is 1. The van der Waals surface area contributed by atoms with Crippen LogP contribution in [0.25, 0.3) is 10.8 Å². The molecule has 2 aromatic carbocycles. The number of rotatable bonds is 2. The molecule has 11 heteroatoms. The molecule has 0 saturated carbocycles. The van der Waals surface area contributed by atoms with Gasteiger partial charge in [0.1, 0.15) is 4.90 Å². The first-order valence-electron chi connectivity index (χ1n) is 4.88. The molecule has 0 aliphatic rings. The molecule has 0 aliphatic carbocycles. The van der Waals surface area contributed by atoms with E-state index >= 15 is 0 Å². The molecule has 0 heterocycles. The van der Waals surface area contributed by atoms with Crippen LogP contribution in [0.4, 0.5) is 5.69 Å². The maximum absolute atomic E-state index is 11.2. The minimum absolute atomic E-state index is 0. The first-order valence-corrected chi connectivity index (χ1v) is 7.76. The van der Waals surface area contributed by atoms with Crippen molar-refractivity contribution in [1.82, 2.24) is 0 Å². The van der Waals surface area contributed by atoms with Crippen molar-refractivity contribution in [3.05, 3.63) is 30.3 Å². The van der Waals surface area contributed by atoms with E-state index in [0.717, 1.165) is 18.2 Å². The Kier molecular flexibility index (Phi) is 7.37. The van der Waals surface area contributed by atoms with E-state index in [4.69, 9.17) is 14.8 Å². The van der Waals surface area contributed by atoms with Crippen molar-refractivity contribution in [1.29, 1.82) is 0 Å². The van der Waals surface area contributed by atoms with E-state index in [2.05, 4.69) is 0 Å². The van der Waals surface area contributed by atoms with Crippen LogP contribution in [0, 0.1) is 0 Å². The van der Waals surface area contributed by atoms with Gasteiger partial charge in [-0.2, -0.15) is 16.8 Å². The van der Waals surface area contributed by atoms with Gasteiger partial charge in [-0.15, -0.1) is 0 Å². The second-order valence-corrected chi connectivity index (χ2v) is 6.63. The fourth-order valence-electron chi connectivity index (χ4n) is 1.76. The molecule has 4 N–H and O–H groups in total. The SMILES string of the molecule is Nc1cc(S(=O)(=O)O)cc2cccc(S(=O)(=O)O)c12.[NaH].[NaH]. The standard InChI is InChI=1S/C10H9NO6S2.2Na.2H/c11-8-5-7(18(12,13)14)4-6-2-1-3-9(10(6)8)19(15,16)17;;;;/h1-5H,11H2,(H,12,13,14)(H,15,16,17);;;;. The van der Waals surface area contributed by atoms with Crippen molar-refractivity contribution >= 4 is 95.8 Å². The Morgan fingerprint density at radius 1 is 0.905 bits per heavy atom. The van der Waals surface area contributed by atoms with Crippen LogP contribution in [-0.4, -0.2) is 85.1 Å². The predicted octanol–water partition coefficient (Wildman–Crippen LogP) is -0.382. The zero-order valence-corrected chi connectivity index (χ0v) is 10.9. The molecule has 0 bridgehead atoms. The number of benzene rings is 2. The Morgan fingerprint density at radius 2 is 1.48 bits per heavy atom. The van der Waals surface area contributed by atoms with Crippen LogP contribution in [-0.2, 0) is 20.2 Å². The Labute approximate surface area is 166 Å². The molecule has 106 valence electrons. The third kappa shape index (κ3) is 4.64. The minimum atomic E-state index is -4.49.